The molecule has 162 valence electrons. The van der Waals surface area contributed by atoms with Crippen LogP contribution in [0.1, 0.15) is 39.9 Å². The summed E-state index contributed by atoms with van der Waals surface area (Å²) in [5.74, 6) is -0.0788. The van der Waals surface area contributed by atoms with Gasteiger partial charge in [0.25, 0.3) is 5.91 Å². The van der Waals surface area contributed by atoms with Gasteiger partial charge in [-0.2, -0.15) is 5.10 Å². The lowest BCUT2D eigenvalue weighted by Gasteiger charge is -2.33. The zero-order valence-electron chi connectivity index (χ0n) is 18.1. The van der Waals surface area contributed by atoms with Crippen LogP contribution in [0.15, 0.2) is 54.9 Å². The molecule has 1 saturated heterocycles. The maximum Gasteiger partial charge on any atom is 0.251 e. The number of carbonyl (C=O) groups excluding carboxylic acids is 1. The van der Waals surface area contributed by atoms with Crippen LogP contribution in [0.4, 0.5) is 4.39 Å². The molecule has 2 heterocycles. The van der Waals surface area contributed by atoms with E-state index in [-0.39, 0.29) is 11.7 Å². The van der Waals surface area contributed by atoms with Gasteiger partial charge < -0.3 is 5.32 Å². The summed E-state index contributed by atoms with van der Waals surface area (Å²) in [5.41, 5.74) is 5.43. The molecule has 5 nitrogen and oxygen atoms in total. The van der Waals surface area contributed by atoms with Crippen molar-refractivity contribution < 1.29 is 9.18 Å². The van der Waals surface area contributed by atoms with E-state index in [0.29, 0.717) is 18.0 Å². The number of benzene rings is 2. The van der Waals surface area contributed by atoms with Gasteiger partial charge in [0.1, 0.15) is 5.82 Å². The van der Waals surface area contributed by atoms with Gasteiger partial charge in [-0.15, -0.1) is 0 Å². The Morgan fingerprint density at radius 3 is 2.77 bits per heavy atom. The van der Waals surface area contributed by atoms with Crippen molar-refractivity contribution in [3.05, 3.63) is 82.9 Å². The number of rotatable bonds is 6. The van der Waals surface area contributed by atoms with Gasteiger partial charge >= 0.3 is 0 Å². The van der Waals surface area contributed by atoms with E-state index < -0.39 is 0 Å². The van der Waals surface area contributed by atoms with E-state index in [9.17, 15) is 9.18 Å². The summed E-state index contributed by atoms with van der Waals surface area (Å²) >= 11 is 0. The second kappa shape index (κ2) is 9.43. The fraction of sp³-hybridized carbons (Fsp3) is 0.360. The summed E-state index contributed by atoms with van der Waals surface area (Å²) < 4.78 is 15.0. The first-order valence-corrected chi connectivity index (χ1v) is 10.9. The van der Waals surface area contributed by atoms with E-state index >= 15 is 0 Å². The molecular weight excluding hydrogens is 391 g/mol. The highest BCUT2D eigenvalue weighted by molar-refractivity contribution is 5.94. The number of hydrogen-bond acceptors (Lipinski definition) is 3. The molecule has 0 saturated carbocycles. The molecule has 1 fully saturated rings. The predicted octanol–water partition coefficient (Wildman–Crippen LogP) is 4.27. The first-order valence-electron chi connectivity index (χ1n) is 10.9. The zero-order valence-corrected chi connectivity index (χ0v) is 18.1. The lowest BCUT2D eigenvalue weighted by atomic mass is 9.96. The van der Waals surface area contributed by atoms with E-state index in [4.69, 9.17) is 0 Å². The van der Waals surface area contributed by atoms with Gasteiger partial charge in [0.2, 0.25) is 0 Å². The van der Waals surface area contributed by atoms with Gasteiger partial charge in [0, 0.05) is 37.6 Å². The highest BCUT2D eigenvalue weighted by Crippen LogP contribution is 2.25. The Morgan fingerprint density at radius 2 is 2.03 bits per heavy atom. The number of aryl methyl sites for hydroxylation is 2. The van der Waals surface area contributed by atoms with Crippen LogP contribution in [0.3, 0.4) is 0 Å². The summed E-state index contributed by atoms with van der Waals surface area (Å²) in [4.78, 5) is 14.8. The summed E-state index contributed by atoms with van der Waals surface area (Å²) in [6.45, 7) is 7.77. The van der Waals surface area contributed by atoms with Gasteiger partial charge in [-0.3, -0.25) is 9.69 Å². The molecule has 1 atom stereocenters. The number of nitrogens with one attached hydrogen (secondary N) is 1. The zero-order chi connectivity index (χ0) is 21.8. The van der Waals surface area contributed by atoms with Crippen molar-refractivity contribution in [1.29, 1.82) is 0 Å². The molecule has 0 spiro atoms. The minimum Gasteiger partial charge on any atom is -0.352 e. The molecule has 1 aliphatic heterocycles. The SMILES string of the molecule is Cc1cc(C)c(CN2CCCC(CNC(=O)c3ccc(F)cc3)C2)c(-n2cccn2)c1. The lowest BCUT2D eigenvalue weighted by Crippen LogP contribution is -2.40. The van der Waals surface area contributed by atoms with Crippen molar-refractivity contribution in [3.63, 3.8) is 0 Å². The van der Waals surface area contributed by atoms with Gasteiger partial charge in [-0.1, -0.05) is 6.07 Å². The molecule has 1 aromatic heterocycles. The van der Waals surface area contributed by atoms with E-state index in [1.165, 1.54) is 41.0 Å². The molecule has 1 unspecified atom stereocenters. The van der Waals surface area contributed by atoms with E-state index in [1.54, 1.807) is 0 Å². The van der Waals surface area contributed by atoms with Crippen LogP contribution < -0.4 is 5.32 Å². The minimum atomic E-state index is -0.333. The Hall–Kier alpha value is -2.99. The van der Waals surface area contributed by atoms with Gasteiger partial charge in [-0.05, 0) is 92.2 Å². The van der Waals surface area contributed by atoms with Crippen molar-refractivity contribution in [3.8, 4) is 5.69 Å². The Bertz CT molecular complexity index is 1030. The molecule has 0 radical (unpaired) electrons. The van der Waals surface area contributed by atoms with Crippen molar-refractivity contribution in [1.82, 2.24) is 20.0 Å². The molecule has 1 aliphatic rings. The largest absolute Gasteiger partial charge is 0.352 e. The Balaban J connectivity index is 1.40. The van der Waals surface area contributed by atoms with Crippen LogP contribution in [-0.4, -0.2) is 40.2 Å². The average molecular weight is 421 g/mol. The molecule has 2 aromatic carbocycles. The third-order valence-electron chi connectivity index (χ3n) is 5.99. The highest BCUT2D eigenvalue weighted by atomic mass is 19.1. The van der Waals surface area contributed by atoms with Crippen LogP contribution in [-0.2, 0) is 6.54 Å². The third-order valence-corrected chi connectivity index (χ3v) is 5.99. The van der Waals surface area contributed by atoms with Crippen LogP contribution in [0.5, 0.6) is 0 Å². The van der Waals surface area contributed by atoms with Crippen LogP contribution in [0.2, 0.25) is 0 Å². The standard InChI is InChI=1S/C25H29FN4O/c1-18-13-19(2)23(24(14-18)30-12-4-10-28-30)17-29-11-3-5-20(16-29)15-27-25(31)21-6-8-22(26)9-7-21/h4,6-10,12-14,20H,3,5,11,15-17H2,1-2H3,(H,27,31). The first kappa shape index (κ1) is 21.2. The van der Waals surface area contributed by atoms with Crippen LogP contribution in [0, 0.1) is 25.6 Å². The number of aromatic nitrogens is 2. The minimum absolute atomic E-state index is 0.146. The van der Waals surface area contributed by atoms with Crippen LogP contribution >= 0.6 is 0 Å². The summed E-state index contributed by atoms with van der Waals surface area (Å²) in [7, 11) is 0. The summed E-state index contributed by atoms with van der Waals surface area (Å²) in [5, 5.41) is 7.47. The molecule has 3 aromatic rings. The number of halogens is 1. The normalized spacial score (nSPS) is 16.9. The molecule has 0 aliphatic carbocycles. The Morgan fingerprint density at radius 1 is 1.23 bits per heavy atom. The van der Waals surface area contributed by atoms with Crippen molar-refractivity contribution in [2.75, 3.05) is 19.6 Å². The number of nitrogens with zero attached hydrogens (tertiary/aromatic N) is 3. The second-order valence-corrected chi connectivity index (χ2v) is 8.49. The maximum atomic E-state index is 13.1. The van der Waals surface area contributed by atoms with Gasteiger partial charge in [0.15, 0.2) is 0 Å². The second-order valence-electron chi connectivity index (χ2n) is 8.49. The van der Waals surface area contributed by atoms with E-state index in [1.807, 2.05) is 23.1 Å². The maximum absolute atomic E-state index is 13.1. The first-order chi connectivity index (χ1) is 15.0. The lowest BCUT2D eigenvalue weighted by molar-refractivity contribution is 0.0930. The number of amides is 1. The number of hydrogen-bond donors (Lipinski definition) is 1. The summed E-state index contributed by atoms with van der Waals surface area (Å²) in [6.07, 6.45) is 6.00. The fourth-order valence-corrected chi connectivity index (χ4v) is 4.42. The molecule has 0 bridgehead atoms. The molecule has 31 heavy (non-hydrogen) atoms. The third kappa shape index (κ3) is 5.20. The Kier molecular flexibility index (Phi) is 6.47. The number of likely N-dealkylation sites (tertiary alicyclic amines) is 1. The van der Waals surface area contributed by atoms with Gasteiger partial charge in [-0.25, -0.2) is 9.07 Å². The summed E-state index contributed by atoms with van der Waals surface area (Å²) in [6, 6.07) is 12.1. The molecule has 1 amide bonds. The fourth-order valence-electron chi connectivity index (χ4n) is 4.42. The van der Waals surface area contributed by atoms with Crippen molar-refractivity contribution >= 4 is 5.91 Å². The average Bonchev–Trinajstić information content (AvgIpc) is 3.29. The van der Waals surface area contributed by atoms with E-state index in [2.05, 4.69) is 41.3 Å². The van der Waals surface area contributed by atoms with E-state index in [0.717, 1.165) is 38.2 Å². The molecule has 1 N–H and O–H groups in total. The predicted molar refractivity (Wildman–Crippen MR) is 120 cm³/mol. The highest BCUT2D eigenvalue weighted by Gasteiger charge is 2.22. The molecular formula is C25H29FN4O. The van der Waals surface area contributed by atoms with Crippen LogP contribution in [0.25, 0.3) is 5.69 Å². The smallest absolute Gasteiger partial charge is 0.251 e. The van der Waals surface area contributed by atoms with Gasteiger partial charge in [0.05, 0.1) is 5.69 Å². The van der Waals surface area contributed by atoms with Crippen molar-refractivity contribution in [2.24, 2.45) is 5.92 Å². The quantitative estimate of drug-likeness (QED) is 0.648. The molecule has 4 rings (SSSR count). The van der Waals surface area contributed by atoms with Crippen molar-refractivity contribution in [2.45, 2.75) is 33.2 Å². The Labute approximate surface area is 182 Å². The topological polar surface area (TPSA) is 50.2 Å². The monoisotopic (exact) mass is 420 g/mol. The number of piperidine rings is 1. The molecule has 6 heteroatoms. The number of carbonyl (C=O) groups is 1.